The average Bonchev–Trinajstić information content (AvgIpc) is 2.49. The quantitative estimate of drug-likeness (QED) is 0.517. The maximum absolute atomic E-state index is 13.4. The van der Waals surface area contributed by atoms with Gasteiger partial charge in [0.05, 0.1) is 0 Å². The van der Waals surface area contributed by atoms with Gasteiger partial charge in [-0.2, -0.15) is 8.78 Å². The van der Waals surface area contributed by atoms with Gasteiger partial charge in [0.2, 0.25) is 34.8 Å². The number of hydrogen-bond acceptors (Lipinski definition) is 2. The summed E-state index contributed by atoms with van der Waals surface area (Å²) in [4.78, 5) is 0. The summed E-state index contributed by atoms with van der Waals surface area (Å²) < 4.78 is 70.5. The molecule has 0 unspecified atom stereocenters. The Hall–Kier alpha value is -1.86. The highest BCUT2D eigenvalue weighted by molar-refractivity contribution is 5.85. The summed E-state index contributed by atoms with van der Waals surface area (Å²) in [6.45, 7) is 0.415. The summed E-state index contributed by atoms with van der Waals surface area (Å²) in [6.07, 6.45) is 0.586. The maximum atomic E-state index is 13.4. The molecule has 0 saturated heterocycles. The van der Waals surface area contributed by atoms with E-state index < -0.39 is 34.8 Å². The molecule has 2 aromatic rings. The highest BCUT2D eigenvalue weighted by Gasteiger charge is 2.27. The van der Waals surface area contributed by atoms with Gasteiger partial charge in [-0.05, 0) is 30.7 Å². The zero-order valence-electron chi connectivity index (χ0n) is 11.0. The van der Waals surface area contributed by atoms with Crippen LogP contribution >= 0.6 is 12.4 Å². The second kappa shape index (κ2) is 7.42. The van der Waals surface area contributed by atoms with Gasteiger partial charge in [0.25, 0.3) is 0 Å². The van der Waals surface area contributed by atoms with Crippen molar-refractivity contribution >= 4 is 12.4 Å². The van der Waals surface area contributed by atoms with Gasteiger partial charge in [0.15, 0.2) is 0 Å². The molecule has 0 atom stereocenters. The molecule has 0 bridgehead atoms. The molecular weight excluding hydrogens is 329 g/mol. The summed E-state index contributed by atoms with van der Waals surface area (Å²) in [6, 6.07) is 5.86. The minimum Gasteiger partial charge on any atom is -0.451 e. The summed E-state index contributed by atoms with van der Waals surface area (Å²) >= 11 is 0. The number of ether oxygens (including phenoxy) is 1. The number of nitrogens with two attached hydrogens (primary N) is 1. The Morgan fingerprint density at radius 2 is 1.23 bits per heavy atom. The Morgan fingerprint density at radius 1 is 0.773 bits per heavy atom. The number of halogens is 6. The first kappa shape index (κ1) is 18.2. The topological polar surface area (TPSA) is 35.2 Å². The molecule has 2 N–H and O–H groups in total. The van der Waals surface area contributed by atoms with Crippen molar-refractivity contribution in [2.45, 2.75) is 6.42 Å². The first-order chi connectivity index (χ1) is 9.95. The summed E-state index contributed by atoms with van der Waals surface area (Å²) in [5, 5.41) is 0. The Morgan fingerprint density at radius 3 is 1.68 bits per heavy atom. The minimum absolute atomic E-state index is 0. The van der Waals surface area contributed by atoms with Crippen LogP contribution in [-0.4, -0.2) is 6.54 Å². The van der Waals surface area contributed by atoms with E-state index in [4.69, 9.17) is 10.5 Å². The molecule has 0 saturated carbocycles. The van der Waals surface area contributed by atoms with Crippen LogP contribution in [0.2, 0.25) is 0 Å². The van der Waals surface area contributed by atoms with Crippen molar-refractivity contribution < 1.29 is 26.7 Å². The van der Waals surface area contributed by atoms with Crippen LogP contribution in [0.3, 0.4) is 0 Å². The van der Waals surface area contributed by atoms with E-state index in [1.807, 2.05) is 0 Å². The molecule has 2 rings (SSSR count). The molecule has 22 heavy (non-hydrogen) atoms. The first-order valence-electron chi connectivity index (χ1n) is 5.94. The third kappa shape index (κ3) is 3.48. The fourth-order valence-electron chi connectivity index (χ4n) is 1.68. The molecule has 0 aliphatic carbocycles. The molecule has 0 spiro atoms. The number of benzene rings is 2. The molecule has 0 heterocycles. The van der Waals surface area contributed by atoms with Crippen LogP contribution in [0.25, 0.3) is 0 Å². The van der Waals surface area contributed by atoms with E-state index in [-0.39, 0.29) is 18.2 Å². The predicted molar refractivity (Wildman–Crippen MR) is 72.8 cm³/mol. The van der Waals surface area contributed by atoms with Crippen molar-refractivity contribution in [2.75, 3.05) is 6.54 Å². The molecule has 0 fully saturated rings. The van der Waals surface area contributed by atoms with Crippen LogP contribution in [0.4, 0.5) is 22.0 Å². The molecule has 2 aromatic carbocycles. The van der Waals surface area contributed by atoms with Crippen LogP contribution in [0, 0.1) is 29.1 Å². The normalized spacial score (nSPS) is 10.3. The maximum Gasteiger partial charge on any atom is 0.207 e. The van der Waals surface area contributed by atoms with E-state index in [1.54, 1.807) is 12.1 Å². The number of rotatable bonds is 4. The van der Waals surface area contributed by atoms with Gasteiger partial charge in [0, 0.05) is 0 Å². The van der Waals surface area contributed by atoms with Gasteiger partial charge in [-0.1, -0.05) is 12.1 Å². The Labute approximate surface area is 129 Å². The van der Waals surface area contributed by atoms with Crippen LogP contribution in [0.5, 0.6) is 11.5 Å². The van der Waals surface area contributed by atoms with Gasteiger partial charge < -0.3 is 10.5 Å². The van der Waals surface area contributed by atoms with E-state index in [2.05, 4.69) is 0 Å². The van der Waals surface area contributed by atoms with Gasteiger partial charge in [-0.3, -0.25) is 0 Å². The van der Waals surface area contributed by atoms with Crippen LogP contribution in [0.15, 0.2) is 24.3 Å². The second-order valence-electron chi connectivity index (χ2n) is 4.18. The SMILES string of the molecule is Cl.NCCc1ccc(Oc2c(F)c(F)c(F)c(F)c2F)cc1. The fourth-order valence-corrected chi connectivity index (χ4v) is 1.68. The molecule has 120 valence electrons. The van der Waals surface area contributed by atoms with Crippen molar-refractivity contribution in [3.8, 4) is 11.5 Å². The zero-order chi connectivity index (χ0) is 15.6. The van der Waals surface area contributed by atoms with Crippen molar-refractivity contribution in [3.05, 3.63) is 58.9 Å². The third-order valence-electron chi connectivity index (χ3n) is 2.75. The Balaban J connectivity index is 0.00000242. The summed E-state index contributed by atoms with van der Waals surface area (Å²) in [5.74, 6) is -11.8. The third-order valence-corrected chi connectivity index (χ3v) is 2.75. The Bertz CT molecular complexity index is 634. The number of hydrogen-bond donors (Lipinski definition) is 1. The first-order valence-corrected chi connectivity index (χ1v) is 5.94. The lowest BCUT2D eigenvalue weighted by molar-refractivity contribution is 0.332. The van der Waals surface area contributed by atoms with Gasteiger partial charge in [-0.25, -0.2) is 13.2 Å². The van der Waals surface area contributed by atoms with E-state index in [1.165, 1.54) is 12.1 Å². The van der Waals surface area contributed by atoms with Gasteiger partial charge in [0.1, 0.15) is 5.75 Å². The van der Waals surface area contributed by atoms with Crippen LogP contribution in [-0.2, 0) is 6.42 Å². The van der Waals surface area contributed by atoms with Gasteiger partial charge in [-0.15, -0.1) is 12.4 Å². The van der Waals surface area contributed by atoms with Crippen molar-refractivity contribution in [3.63, 3.8) is 0 Å². The summed E-state index contributed by atoms with van der Waals surface area (Å²) in [5.41, 5.74) is 6.21. The smallest absolute Gasteiger partial charge is 0.207 e. The highest BCUT2D eigenvalue weighted by atomic mass is 35.5. The van der Waals surface area contributed by atoms with E-state index in [0.29, 0.717) is 13.0 Å². The molecule has 0 amide bonds. The Kier molecular flexibility index (Phi) is 6.13. The van der Waals surface area contributed by atoms with Crippen LogP contribution < -0.4 is 10.5 Å². The average molecular weight is 340 g/mol. The van der Waals surface area contributed by atoms with E-state index in [9.17, 15) is 22.0 Å². The van der Waals surface area contributed by atoms with E-state index >= 15 is 0 Å². The molecule has 0 radical (unpaired) electrons. The van der Waals surface area contributed by atoms with E-state index in [0.717, 1.165) is 5.56 Å². The highest BCUT2D eigenvalue weighted by Crippen LogP contribution is 2.32. The summed E-state index contributed by atoms with van der Waals surface area (Å²) in [7, 11) is 0. The monoisotopic (exact) mass is 339 g/mol. The van der Waals surface area contributed by atoms with Crippen molar-refractivity contribution in [1.29, 1.82) is 0 Å². The largest absolute Gasteiger partial charge is 0.451 e. The lowest BCUT2D eigenvalue weighted by Crippen LogP contribution is -2.04. The standard InChI is InChI=1S/C14H10F5NO.ClH/c15-9-10(16)12(18)14(13(19)11(9)17)21-8-3-1-7(2-4-8)5-6-20;/h1-4H,5-6,20H2;1H. The van der Waals surface area contributed by atoms with Gasteiger partial charge >= 0.3 is 0 Å². The molecular formula is C14H11ClF5NO. The second-order valence-corrected chi connectivity index (χ2v) is 4.18. The fraction of sp³-hybridized carbons (Fsp3) is 0.143. The molecule has 0 aliphatic rings. The lowest BCUT2D eigenvalue weighted by atomic mass is 10.1. The lowest BCUT2D eigenvalue weighted by Gasteiger charge is -2.10. The van der Waals surface area contributed by atoms with Crippen molar-refractivity contribution in [2.24, 2.45) is 5.73 Å². The zero-order valence-corrected chi connectivity index (χ0v) is 11.8. The van der Waals surface area contributed by atoms with Crippen molar-refractivity contribution in [1.82, 2.24) is 0 Å². The molecule has 8 heteroatoms. The molecule has 2 nitrogen and oxygen atoms in total. The van der Waals surface area contributed by atoms with Crippen LogP contribution in [0.1, 0.15) is 5.56 Å². The molecule has 0 aliphatic heterocycles. The predicted octanol–water partition coefficient (Wildman–Crippen LogP) is 4.10. The minimum atomic E-state index is -2.23. The molecule has 0 aromatic heterocycles.